The van der Waals surface area contributed by atoms with Crippen molar-refractivity contribution in [3.63, 3.8) is 0 Å². The summed E-state index contributed by atoms with van der Waals surface area (Å²) in [5, 5.41) is 9.03. The maximum atomic E-state index is 11.1. The van der Waals surface area contributed by atoms with Gasteiger partial charge in [-0.2, -0.15) is 0 Å². The van der Waals surface area contributed by atoms with Crippen LogP contribution in [-0.2, 0) is 6.42 Å². The molecular formula is C12H15NO3. The molecule has 0 fully saturated rings. The van der Waals surface area contributed by atoms with Crippen molar-refractivity contribution in [2.24, 2.45) is 5.73 Å². The van der Waals surface area contributed by atoms with Crippen molar-refractivity contribution in [1.29, 1.82) is 0 Å². The summed E-state index contributed by atoms with van der Waals surface area (Å²) < 4.78 is 0. The third kappa shape index (κ3) is 2.90. The van der Waals surface area contributed by atoms with E-state index in [0.717, 1.165) is 0 Å². The van der Waals surface area contributed by atoms with Crippen LogP contribution in [0.15, 0.2) is 18.2 Å². The van der Waals surface area contributed by atoms with Crippen LogP contribution < -0.4 is 5.73 Å². The van der Waals surface area contributed by atoms with Gasteiger partial charge in [0, 0.05) is 11.6 Å². The largest absolute Gasteiger partial charge is 0.478 e. The summed E-state index contributed by atoms with van der Waals surface area (Å²) >= 11 is 0. The molecular weight excluding hydrogens is 206 g/mol. The highest BCUT2D eigenvalue weighted by molar-refractivity contribution is 5.98. The number of ketones is 1. The van der Waals surface area contributed by atoms with Crippen molar-refractivity contribution < 1.29 is 14.7 Å². The average Bonchev–Trinajstić information content (AvgIpc) is 2.16. The maximum absolute atomic E-state index is 11.1. The highest BCUT2D eigenvalue weighted by atomic mass is 16.4. The van der Waals surface area contributed by atoms with E-state index in [9.17, 15) is 9.59 Å². The van der Waals surface area contributed by atoms with Crippen molar-refractivity contribution in [2.45, 2.75) is 26.3 Å². The van der Waals surface area contributed by atoms with E-state index in [2.05, 4.69) is 0 Å². The Labute approximate surface area is 94.1 Å². The van der Waals surface area contributed by atoms with Gasteiger partial charge in [-0.05, 0) is 31.9 Å². The minimum Gasteiger partial charge on any atom is -0.478 e. The van der Waals surface area contributed by atoms with Gasteiger partial charge in [0.2, 0.25) is 0 Å². The highest BCUT2D eigenvalue weighted by Gasteiger charge is 2.13. The van der Waals surface area contributed by atoms with E-state index in [1.54, 1.807) is 12.1 Å². The fourth-order valence-electron chi connectivity index (χ4n) is 1.52. The van der Waals surface area contributed by atoms with Gasteiger partial charge >= 0.3 is 5.97 Å². The van der Waals surface area contributed by atoms with Gasteiger partial charge in [-0.25, -0.2) is 4.79 Å². The van der Waals surface area contributed by atoms with Crippen molar-refractivity contribution in [1.82, 2.24) is 0 Å². The Morgan fingerprint density at radius 3 is 2.50 bits per heavy atom. The van der Waals surface area contributed by atoms with Gasteiger partial charge in [-0.1, -0.05) is 12.1 Å². The third-order valence-electron chi connectivity index (χ3n) is 2.29. The van der Waals surface area contributed by atoms with Crippen molar-refractivity contribution >= 4 is 11.8 Å². The number of carboxylic acid groups (broad SMARTS) is 1. The summed E-state index contributed by atoms with van der Waals surface area (Å²) in [5.41, 5.74) is 6.86. The first-order valence-corrected chi connectivity index (χ1v) is 5.04. The molecule has 4 heteroatoms. The van der Waals surface area contributed by atoms with E-state index in [1.807, 2.05) is 6.92 Å². The standard InChI is InChI=1S/C12H15NO3/c1-7(13)5-10-4-3-9(8(2)14)6-11(10)12(15)16/h3-4,6-7H,5,13H2,1-2H3,(H,15,16)/t7-/m1/s1. The topological polar surface area (TPSA) is 80.4 Å². The summed E-state index contributed by atoms with van der Waals surface area (Å²) in [6.07, 6.45) is 0.486. The molecule has 0 saturated carbocycles. The molecule has 0 aromatic heterocycles. The summed E-state index contributed by atoms with van der Waals surface area (Å²) in [6, 6.07) is 4.58. The van der Waals surface area contributed by atoms with E-state index < -0.39 is 5.97 Å². The molecule has 0 aliphatic rings. The van der Waals surface area contributed by atoms with E-state index in [1.165, 1.54) is 13.0 Å². The lowest BCUT2D eigenvalue weighted by Crippen LogP contribution is -2.19. The van der Waals surface area contributed by atoms with Crippen LogP contribution in [0.4, 0.5) is 0 Å². The molecule has 0 spiro atoms. The molecule has 1 atom stereocenters. The number of hydrogen-bond acceptors (Lipinski definition) is 3. The maximum Gasteiger partial charge on any atom is 0.335 e. The van der Waals surface area contributed by atoms with E-state index in [-0.39, 0.29) is 17.4 Å². The quantitative estimate of drug-likeness (QED) is 0.754. The molecule has 0 saturated heterocycles. The van der Waals surface area contributed by atoms with Gasteiger partial charge in [-0.15, -0.1) is 0 Å². The molecule has 0 bridgehead atoms. The van der Waals surface area contributed by atoms with Crippen LogP contribution in [0, 0.1) is 0 Å². The van der Waals surface area contributed by atoms with Crippen molar-refractivity contribution in [3.05, 3.63) is 34.9 Å². The van der Waals surface area contributed by atoms with Crippen LogP contribution in [0.3, 0.4) is 0 Å². The normalized spacial score (nSPS) is 12.2. The first-order valence-electron chi connectivity index (χ1n) is 5.04. The van der Waals surface area contributed by atoms with E-state index >= 15 is 0 Å². The summed E-state index contributed by atoms with van der Waals surface area (Å²) in [4.78, 5) is 22.2. The predicted molar refractivity (Wildman–Crippen MR) is 60.8 cm³/mol. The molecule has 4 nitrogen and oxygen atoms in total. The molecule has 3 N–H and O–H groups in total. The second-order valence-corrected chi connectivity index (χ2v) is 3.91. The summed E-state index contributed by atoms with van der Waals surface area (Å²) in [5.74, 6) is -1.17. The molecule has 0 unspecified atom stereocenters. The lowest BCUT2D eigenvalue weighted by Gasteiger charge is -2.09. The summed E-state index contributed by atoms with van der Waals surface area (Å²) in [6.45, 7) is 3.22. The van der Waals surface area contributed by atoms with E-state index in [0.29, 0.717) is 17.5 Å². The van der Waals surface area contributed by atoms with Crippen LogP contribution in [0.5, 0.6) is 0 Å². The molecule has 0 aliphatic heterocycles. The number of carboxylic acids is 1. The lowest BCUT2D eigenvalue weighted by molar-refractivity contribution is 0.0695. The first kappa shape index (κ1) is 12.4. The second kappa shape index (κ2) is 4.90. The number of rotatable bonds is 4. The zero-order valence-corrected chi connectivity index (χ0v) is 9.36. The Kier molecular flexibility index (Phi) is 3.79. The van der Waals surface area contributed by atoms with Crippen molar-refractivity contribution in [2.75, 3.05) is 0 Å². The fourth-order valence-corrected chi connectivity index (χ4v) is 1.52. The van der Waals surface area contributed by atoms with Crippen LogP contribution in [0.1, 0.15) is 40.1 Å². The second-order valence-electron chi connectivity index (χ2n) is 3.91. The molecule has 1 rings (SSSR count). The predicted octanol–water partition coefficient (Wildman–Crippen LogP) is 1.48. The van der Waals surface area contributed by atoms with Crippen LogP contribution in [-0.4, -0.2) is 22.9 Å². The van der Waals surface area contributed by atoms with Gasteiger partial charge in [0.1, 0.15) is 0 Å². The smallest absolute Gasteiger partial charge is 0.335 e. The van der Waals surface area contributed by atoms with Crippen molar-refractivity contribution in [3.8, 4) is 0 Å². The monoisotopic (exact) mass is 221 g/mol. The van der Waals surface area contributed by atoms with Gasteiger partial charge in [-0.3, -0.25) is 4.79 Å². The van der Waals surface area contributed by atoms with Gasteiger partial charge in [0.25, 0.3) is 0 Å². The van der Waals surface area contributed by atoms with E-state index in [4.69, 9.17) is 10.8 Å². The number of hydrogen-bond donors (Lipinski definition) is 2. The minimum absolute atomic E-state index is 0.110. The first-order chi connectivity index (χ1) is 7.41. The highest BCUT2D eigenvalue weighted by Crippen LogP contribution is 2.14. The Balaban J connectivity index is 3.19. The van der Waals surface area contributed by atoms with Gasteiger partial charge in [0.15, 0.2) is 5.78 Å². The molecule has 0 heterocycles. The Morgan fingerprint density at radius 1 is 1.44 bits per heavy atom. The molecule has 1 aromatic carbocycles. The van der Waals surface area contributed by atoms with Gasteiger partial charge < -0.3 is 10.8 Å². The molecule has 1 aromatic rings. The summed E-state index contributed by atoms with van der Waals surface area (Å²) in [7, 11) is 0. The molecule has 0 amide bonds. The number of Topliss-reactive ketones (excluding diaryl/α,β-unsaturated/α-hetero) is 1. The Morgan fingerprint density at radius 2 is 2.06 bits per heavy atom. The Bertz CT molecular complexity index is 424. The molecule has 86 valence electrons. The number of carbonyl (C=O) groups excluding carboxylic acids is 1. The molecule has 16 heavy (non-hydrogen) atoms. The Hall–Kier alpha value is -1.68. The van der Waals surface area contributed by atoms with Crippen LogP contribution in [0.25, 0.3) is 0 Å². The molecule has 0 radical (unpaired) electrons. The fraction of sp³-hybridized carbons (Fsp3) is 0.333. The minimum atomic E-state index is -1.03. The zero-order valence-electron chi connectivity index (χ0n) is 9.36. The van der Waals surface area contributed by atoms with Gasteiger partial charge in [0.05, 0.1) is 5.56 Å². The molecule has 0 aliphatic carbocycles. The zero-order chi connectivity index (χ0) is 12.3. The SMILES string of the molecule is CC(=O)c1ccc(C[C@@H](C)N)c(C(=O)O)c1. The van der Waals surface area contributed by atoms with Crippen LogP contribution >= 0.6 is 0 Å². The number of aromatic carboxylic acids is 1. The number of benzene rings is 1. The average molecular weight is 221 g/mol. The number of nitrogens with two attached hydrogens (primary N) is 1. The third-order valence-corrected chi connectivity index (χ3v) is 2.29. The van der Waals surface area contributed by atoms with Crippen LogP contribution in [0.2, 0.25) is 0 Å². The number of carbonyl (C=O) groups is 2. The lowest BCUT2D eigenvalue weighted by atomic mass is 9.98.